The zero-order valence-electron chi connectivity index (χ0n) is 16.2. The minimum absolute atomic E-state index is 0. The molecule has 9 heteroatoms. The molecule has 2 aliphatic rings. The lowest BCUT2D eigenvalue weighted by atomic mass is 10.2. The van der Waals surface area contributed by atoms with Gasteiger partial charge in [-0.1, -0.05) is 42.5 Å². The van der Waals surface area contributed by atoms with Gasteiger partial charge in [-0.15, -0.1) is 10.2 Å². The molecule has 0 radical (unpaired) electrons. The fourth-order valence-electron chi connectivity index (χ4n) is 1.75. The van der Waals surface area contributed by atoms with E-state index in [1.54, 1.807) is 7.05 Å². The van der Waals surface area contributed by atoms with E-state index in [1.165, 1.54) is 4.81 Å². The van der Waals surface area contributed by atoms with Crippen molar-refractivity contribution in [1.29, 1.82) is 0 Å². The van der Waals surface area contributed by atoms with E-state index < -0.39 is 0 Å². The Morgan fingerprint density at radius 3 is 1.48 bits per heavy atom. The summed E-state index contributed by atoms with van der Waals surface area (Å²) in [7, 11) is 1.78. The molecule has 0 aromatic carbocycles. The summed E-state index contributed by atoms with van der Waals surface area (Å²) >= 11 is 0. The van der Waals surface area contributed by atoms with Crippen LogP contribution < -0.4 is 0 Å². The van der Waals surface area contributed by atoms with Crippen molar-refractivity contribution in [2.24, 2.45) is 48.0 Å². The molecule has 3 heterocycles. The van der Waals surface area contributed by atoms with Gasteiger partial charge in [0.2, 0.25) is 0 Å². The Labute approximate surface area is 164 Å². The monoisotopic (exact) mass is 380 g/mol. The van der Waals surface area contributed by atoms with Gasteiger partial charge in [0.25, 0.3) is 6.17 Å². The summed E-state index contributed by atoms with van der Waals surface area (Å²) < 4.78 is 2.17. The van der Waals surface area contributed by atoms with Gasteiger partial charge in [-0.05, 0) is 52.3 Å². The molecule has 0 saturated heterocycles. The Balaban J connectivity index is 0. The van der Waals surface area contributed by atoms with E-state index in [-0.39, 0.29) is 27.2 Å². The van der Waals surface area contributed by atoms with Crippen LogP contribution in [0.4, 0.5) is 0 Å². The molecule has 0 bridgehead atoms. The number of azo groups is 1. The van der Waals surface area contributed by atoms with Gasteiger partial charge in [0.15, 0.2) is 11.4 Å². The number of hydrogen-bond donors (Lipinski definition) is 0. The van der Waals surface area contributed by atoms with Crippen molar-refractivity contribution in [3.63, 3.8) is 0 Å². The van der Waals surface area contributed by atoms with Crippen LogP contribution in [0.25, 0.3) is 0 Å². The zero-order chi connectivity index (χ0) is 18.8. The van der Waals surface area contributed by atoms with Crippen LogP contribution in [-0.4, -0.2) is 28.8 Å². The standard InChI is InChI=1S/C7H11N.C5H11N4.C4H8N4.2CH4/c1-7(2)8-5-3-4-6-8;1-4(2)5-6-8-9(3)7-5;1-3(2)4-5-7-8-6-4;;/h3-7H,1-2H3;4-5H,1-3H3;3-4H,1-2H3;2*1H4/q;+1;;;. The number of aromatic nitrogens is 1. The van der Waals surface area contributed by atoms with E-state index in [4.69, 9.17) is 0 Å². The molecule has 9 nitrogen and oxygen atoms in total. The molecule has 0 fully saturated rings. The van der Waals surface area contributed by atoms with Crippen molar-refractivity contribution in [2.45, 2.75) is 74.8 Å². The third-order valence-electron chi connectivity index (χ3n) is 3.38. The number of hydrogen-bond acceptors (Lipinski definition) is 7. The fraction of sp³-hybridized carbons (Fsp3) is 0.778. The van der Waals surface area contributed by atoms with Crippen molar-refractivity contribution in [1.82, 2.24) is 4.57 Å². The van der Waals surface area contributed by atoms with E-state index in [9.17, 15) is 0 Å². The first-order valence-electron chi connectivity index (χ1n) is 8.59. The normalized spacial score (nSPS) is 17.1. The molecule has 0 amide bonds. The second kappa shape index (κ2) is 13.8. The second-order valence-corrected chi connectivity index (χ2v) is 6.76. The minimum atomic E-state index is -0.0185. The van der Waals surface area contributed by atoms with Gasteiger partial charge in [0.05, 0.1) is 5.11 Å². The van der Waals surface area contributed by atoms with Crippen molar-refractivity contribution in [2.75, 3.05) is 7.05 Å². The van der Waals surface area contributed by atoms with Crippen LogP contribution in [0.5, 0.6) is 0 Å². The molecular weight excluding hydrogens is 342 g/mol. The van der Waals surface area contributed by atoms with E-state index in [0.717, 1.165) is 0 Å². The van der Waals surface area contributed by atoms with Crippen molar-refractivity contribution in [3.05, 3.63) is 24.5 Å². The predicted octanol–water partition coefficient (Wildman–Crippen LogP) is 6.59. The summed E-state index contributed by atoms with van der Waals surface area (Å²) in [6.45, 7) is 12.6. The minimum Gasteiger partial charge on any atom is -0.352 e. The van der Waals surface area contributed by atoms with Gasteiger partial charge in [0.1, 0.15) is 7.05 Å². The van der Waals surface area contributed by atoms with Gasteiger partial charge in [-0.2, -0.15) is 0 Å². The Bertz CT molecular complexity index is 586. The Kier molecular flexibility index (Phi) is 13.8. The highest BCUT2D eigenvalue weighted by Gasteiger charge is 2.24. The first-order chi connectivity index (χ1) is 11.8. The predicted molar refractivity (Wildman–Crippen MR) is 109 cm³/mol. The van der Waals surface area contributed by atoms with Gasteiger partial charge in [-0.25, -0.2) is 0 Å². The highest BCUT2D eigenvalue weighted by atomic mass is 15.6. The molecule has 154 valence electrons. The fourth-order valence-corrected chi connectivity index (χ4v) is 1.75. The van der Waals surface area contributed by atoms with Crippen LogP contribution in [0.1, 0.15) is 62.4 Å². The highest BCUT2D eigenvalue weighted by Crippen LogP contribution is 2.13. The molecule has 0 aliphatic carbocycles. The third kappa shape index (κ3) is 10.4. The topological polar surface area (TPSA) is 94.5 Å². The van der Waals surface area contributed by atoms with E-state index in [0.29, 0.717) is 17.9 Å². The summed E-state index contributed by atoms with van der Waals surface area (Å²) in [6, 6.07) is 4.69. The average Bonchev–Trinajstić information content (AvgIpc) is 3.31. The van der Waals surface area contributed by atoms with Crippen LogP contribution in [-0.2, 0) is 0 Å². The smallest absolute Gasteiger partial charge is 0.297 e. The highest BCUT2D eigenvalue weighted by molar-refractivity contribution is 4.91. The van der Waals surface area contributed by atoms with E-state index in [2.05, 4.69) is 80.8 Å². The summed E-state index contributed by atoms with van der Waals surface area (Å²) in [5.41, 5.74) is 0. The lowest BCUT2D eigenvalue weighted by molar-refractivity contribution is -0.570. The molecule has 1 aromatic heterocycles. The molecule has 2 aliphatic heterocycles. The van der Waals surface area contributed by atoms with E-state index >= 15 is 0 Å². The largest absolute Gasteiger partial charge is 0.352 e. The lowest BCUT2D eigenvalue weighted by Gasteiger charge is -2.03. The lowest BCUT2D eigenvalue weighted by Crippen LogP contribution is -2.06. The molecular formula is C18H38N9+. The maximum atomic E-state index is 4.09. The van der Waals surface area contributed by atoms with E-state index in [1.807, 2.05) is 26.0 Å². The third-order valence-corrected chi connectivity index (χ3v) is 3.38. The summed E-state index contributed by atoms with van der Waals surface area (Å²) in [4.78, 5) is 1.50. The summed E-state index contributed by atoms with van der Waals surface area (Å²) in [5, 5.41) is 25.9. The van der Waals surface area contributed by atoms with Gasteiger partial charge >= 0.3 is 0 Å². The molecule has 3 rings (SSSR count). The molecule has 0 saturated carbocycles. The molecule has 27 heavy (non-hydrogen) atoms. The van der Waals surface area contributed by atoms with Crippen molar-refractivity contribution < 1.29 is 4.81 Å². The zero-order valence-corrected chi connectivity index (χ0v) is 16.2. The van der Waals surface area contributed by atoms with Crippen LogP contribution in [0.3, 0.4) is 0 Å². The Hall–Kier alpha value is -2.32. The van der Waals surface area contributed by atoms with Gasteiger partial charge in [-0.3, -0.25) is 0 Å². The average molecular weight is 381 g/mol. The second-order valence-electron chi connectivity index (χ2n) is 6.76. The molecule has 1 unspecified atom stereocenters. The molecule has 0 spiro atoms. The summed E-state index contributed by atoms with van der Waals surface area (Å²) in [6.07, 6.45) is 4.18. The first-order valence-corrected chi connectivity index (χ1v) is 8.59. The van der Waals surface area contributed by atoms with Crippen molar-refractivity contribution in [3.8, 4) is 0 Å². The first kappa shape index (κ1) is 26.9. The number of nitrogens with zero attached hydrogens (tertiary/aromatic N) is 9. The van der Waals surface area contributed by atoms with Gasteiger partial charge in [0, 0.05) is 24.4 Å². The van der Waals surface area contributed by atoms with Gasteiger partial charge < -0.3 is 4.57 Å². The Morgan fingerprint density at radius 1 is 0.778 bits per heavy atom. The molecule has 1 aromatic rings. The maximum absolute atomic E-state index is 4.09. The van der Waals surface area contributed by atoms with Crippen LogP contribution in [0.15, 0.2) is 60.7 Å². The van der Waals surface area contributed by atoms with Crippen LogP contribution in [0.2, 0.25) is 0 Å². The Morgan fingerprint density at radius 2 is 1.26 bits per heavy atom. The number of rotatable bonds is 3. The molecule has 0 N–H and O–H groups in total. The quantitative estimate of drug-likeness (QED) is 0.529. The SMILES string of the molecule is C.C.CC(C)C1N=NN=N1.CC(C)C1N=N[N+](C)=N1.CC(C)n1cccc1. The summed E-state index contributed by atoms with van der Waals surface area (Å²) in [5.74, 6) is 0.878. The molecule has 1 atom stereocenters. The maximum Gasteiger partial charge on any atom is 0.297 e. The van der Waals surface area contributed by atoms with Crippen molar-refractivity contribution >= 4 is 0 Å². The van der Waals surface area contributed by atoms with Crippen LogP contribution >= 0.6 is 0 Å². The van der Waals surface area contributed by atoms with Crippen LogP contribution in [0, 0.1) is 11.8 Å².